The zero-order chi connectivity index (χ0) is 8.97. The molecule has 0 radical (unpaired) electrons. The second-order valence-corrected chi connectivity index (χ2v) is 2.82. The maximum absolute atomic E-state index is 4.24. The van der Waals surface area contributed by atoms with Gasteiger partial charge in [-0.15, -0.1) is 0 Å². The number of aryl methyl sites for hydroxylation is 1. The van der Waals surface area contributed by atoms with Crippen molar-refractivity contribution in [3.05, 3.63) is 23.8 Å². The third kappa shape index (κ3) is 2.94. The molecule has 4 nitrogen and oxygen atoms in total. The molecular weight excluding hydrogens is 152 g/mol. The van der Waals surface area contributed by atoms with E-state index >= 15 is 0 Å². The molecule has 0 saturated heterocycles. The third-order valence-corrected chi connectivity index (χ3v) is 1.41. The average Bonchev–Trinajstić information content (AvgIpc) is 2.01. The summed E-state index contributed by atoms with van der Waals surface area (Å²) in [6.45, 7) is 2.63. The summed E-state index contributed by atoms with van der Waals surface area (Å²) in [4.78, 5) is 8.26. The summed E-state index contributed by atoms with van der Waals surface area (Å²) in [7, 11) is 3.90. The monoisotopic (exact) mass is 166 g/mol. The number of rotatable bonds is 3. The smallest absolute Gasteiger partial charge is 0.125 e. The van der Waals surface area contributed by atoms with Crippen molar-refractivity contribution < 1.29 is 0 Å². The maximum atomic E-state index is 4.24. The van der Waals surface area contributed by atoms with Crippen molar-refractivity contribution in [2.45, 2.75) is 13.5 Å². The first kappa shape index (κ1) is 9.09. The minimum Gasteiger partial charge on any atom is -0.250 e. The van der Waals surface area contributed by atoms with Crippen molar-refractivity contribution in [3.8, 4) is 0 Å². The maximum Gasteiger partial charge on any atom is 0.125 e. The van der Waals surface area contributed by atoms with E-state index in [1.54, 1.807) is 6.20 Å². The van der Waals surface area contributed by atoms with Crippen LogP contribution in [0.1, 0.15) is 11.5 Å². The fraction of sp³-hybridized carbons (Fsp3) is 0.500. The van der Waals surface area contributed by atoms with Crippen molar-refractivity contribution in [3.63, 3.8) is 0 Å². The highest BCUT2D eigenvalue weighted by atomic mass is 15.5. The SMILES string of the molecule is Cc1nccc(CNN(C)C)n1. The molecule has 0 bridgehead atoms. The predicted octanol–water partition coefficient (Wildman–Crippen LogP) is 0.351. The highest BCUT2D eigenvalue weighted by Gasteiger charge is 1.94. The molecule has 12 heavy (non-hydrogen) atoms. The molecule has 66 valence electrons. The molecule has 0 atom stereocenters. The van der Waals surface area contributed by atoms with Gasteiger partial charge in [0, 0.05) is 20.3 Å². The third-order valence-electron chi connectivity index (χ3n) is 1.41. The Morgan fingerprint density at radius 1 is 1.50 bits per heavy atom. The molecule has 1 aromatic rings. The Balaban J connectivity index is 2.52. The van der Waals surface area contributed by atoms with E-state index in [0.29, 0.717) is 0 Å². The van der Waals surface area contributed by atoms with E-state index in [4.69, 9.17) is 0 Å². The van der Waals surface area contributed by atoms with Gasteiger partial charge in [0.15, 0.2) is 0 Å². The normalized spacial score (nSPS) is 10.7. The van der Waals surface area contributed by atoms with Crippen molar-refractivity contribution in [1.29, 1.82) is 0 Å². The van der Waals surface area contributed by atoms with Crippen molar-refractivity contribution in [2.75, 3.05) is 14.1 Å². The van der Waals surface area contributed by atoms with Gasteiger partial charge in [-0.05, 0) is 13.0 Å². The number of hydrogen-bond acceptors (Lipinski definition) is 4. The highest BCUT2D eigenvalue weighted by Crippen LogP contribution is 1.93. The van der Waals surface area contributed by atoms with Crippen LogP contribution in [-0.2, 0) is 6.54 Å². The molecule has 0 saturated carbocycles. The van der Waals surface area contributed by atoms with Crippen LogP contribution >= 0.6 is 0 Å². The first-order valence-electron chi connectivity index (χ1n) is 3.88. The van der Waals surface area contributed by atoms with Crippen LogP contribution < -0.4 is 5.43 Å². The van der Waals surface area contributed by atoms with Gasteiger partial charge in [-0.1, -0.05) is 0 Å². The van der Waals surface area contributed by atoms with Crippen LogP contribution in [0.4, 0.5) is 0 Å². The van der Waals surface area contributed by atoms with Gasteiger partial charge in [0.05, 0.1) is 12.2 Å². The summed E-state index contributed by atoms with van der Waals surface area (Å²) in [5.74, 6) is 0.813. The van der Waals surface area contributed by atoms with Gasteiger partial charge in [0.1, 0.15) is 5.82 Å². The molecular formula is C8H14N4. The lowest BCUT2D eigenvalue weighted by Gasteiger charge is -2.10. The van der Waals surface area contributed by atoms with E-state index in [2.05, 4.69) is 15.4 Å². The molecule has 0 spiro atoms. The second-order valence-electron chi connectivity index (χ2n) is 2.82. The Kier molecular flexibility index (Phi) is 3.13. The first-order chi connectivity index (χ1) is 5.68. The van der Waals surface area contributed by atoms with Gasteiger partial charge in [-0.3, -0.25) is 5.01 Å². The summed E-state index contributed by atoms with van der Waals surface area (Å²) >= 11 is 0. The fourth-order valence-corrected chi connectivity index (χ4v) is 0.843. The summed E-state index contributed by atoms with van der Waals surface area (Å²) in [6.07, 6.45) is 1.77. The summed E-state index contributed by atoms with van der Waals surface area (Å²) in [6, 6.07) is 1.91. The molecule has 1 heterocycles. The van der Waals surface area contributed by atoms with Crippen molar-refractivity contribution in [1.82, 2.24) is 20.4 Å². The first-order valence-corrected chi connectivity index (χ1v) is 3.88. The Morgan fingerprint density at radius 3 is 2.83 bits per heavy atom. The molecule has 0 aromatic carbocycles. The van der Waals surface area contributed by atoms with Crippen LogP contribution in [0.2, 0.25) is 0 Å². The fourth-order valence-electron chi connectivity index (χ4n) is 0.843. The minimum absolute atomic E-state index is 0.746. The van der Waals surface area contributed by atoms with Crippen LogP contribution in [0.3, 0.4) is 0 Å². The molecule has 0 aliphatic carbocycles. The van der Waals surface area contributed by atoms with Gasteiger partial charge in [0.2, 0.25) is 0 Å². The lowest BCUT2D eigenvalue weighted by atomic mass is 10.4. The highest BCUT2D eigenvalue weighted by molar-refractivity contribution is 5.00. The number of hydrogen-bond donors (Lipinski definition) is 1. The number of nitrogens with one attached hydrogen (secondary N) is 1. The van der Waals surface area contributed by atoms with E-state index < -0.39 is 0 Å². The van der Waals surface area contributed by atoms with E-state index in [9.17, 15) is 0 Å². The van der Waals surface area contributed by atoms with Gasteiger partial charge in [-0.25, -0.2) is 15.4 Å². The summed E-state index contributed by atoms with van der Waals surface area (Å²) in [5.41, 5.74) is 4.14. The Hall–Kier alpha value is -1.00. The molecule has 1 N–H and O–H groups in total. The minimum atomic E-state index is 0.746. The summed E-state index contributed by atoms with van der Waals surface area (Å²) < 4.78 is 0. The molecule has 0 aliphatic heterocycles. The Labute approximate surface area is 72.6 Å². The van der Waals surface area contributed by atoms with Crippen LogP contribution in [0.25, 0.3) is 0 Å². The number of aromatic nitrogens is 2. The van der Waals surface area contributed by atoms with E-state index in [1.165, 1.54) is 0 Å². The topological polar surface area (TPSA) is 41.1 Å². The lowest BCUT2D eigenvalue weighted by molar-refractivity contribution is 0.284. The predicted molar refractivity (Wildman–Crippen MR) is 47.3 cm³/mol. The molecule has 1 rings (SSSR count). The Morgan fingerprint density at radius 2 is 2.25 bits per heavy atom. The second kappa shape index (κ2) is 4.13. The van der Waals surface area contributed by atoms with Crippen LogP contribution in [-0.4, -0.2) is 29.1 Å². The Bertz CT molecular complexity index is 247. The standard InChI is InChI=1S/C8H14N4/c1-7-9-5-4-8(11-7)6-10-12(2)3/h4-5,10H,6H2,1-3H3. The zero-order valence-electron chi connectivity index (χ0n) is 7.70. The lowest BCUT2D eigenvalue weighted by Crippen LogP contribution is -2.30. The van der Waals surface area contributed by atoms with Crippen molar-refractivity contribution >= 4 is 0 Å². The van der Waals surface area contributed by atoms with Gasteiger partial charge in [-0.2, -0.15) is 0 Å². The summed E-state index contributed by atoms with van der Waals surface area (Å²) in [5, 5.41) is 1.90. The molecule has 0 amide bonds. The van der Waals surface area contributed by atoms with Gasteiger partial charge in [0.25, 0.3) is 0 Å². The average molecular weight is 166 g/mol. The van der Waals surface area contributed by atoms with Crippen LogP contribution in [0, 0.1) is 6.92 Å². The molecule has 1 aromatic heterocycles. The number of nitrogens with zero attached hydrogens (tertiary/aromatic N) is 3. The molecule has 0 aliphatic rings. The molecule has 4 heteroatoms. The molecule has 0 unspecified atom stereocenters. The quantitative estimate of drug-likeness (QED) is 0.658. The van der Waals surface area contributed by atoms with Gasteiger partial charge >= 0.3 is 0 Å². The zero-order valence-corrected chi connectivity index (χ0v) is 7.70. The van der Waals surface area contributed by atoms with Crippen LogP contribution in [0.15, 0.2) is 12.3 Å². The van der Waals surface area contributed by atoms with E-state index in [0.717, 1.165) is 18.1 Å². The van der Waals surface area contributed by atoms with Crippen molar-refractivity contribution in [2.24, 2.45) is 0 Å². The van der Waals surface area contributed by atoms with E-state index in [-0.39, 0.29) is 0 Å². The van der Waals surface area contributed by atoms with E-state index in [1.807, 2.05) is 32.1 Å². The van der Waals surface area contributed by atoms with Crippen LogP contribution in [0.5, 0.6) is 0 Å². The largest absolute Gasteiger partial charge is 0.250 e. The van der Waals surface area contributed by atoms with Gasteiger partial charge < -0.3 is 0 Å². The number of hydrazine groups is 1. The molecule has 0 fully saturated rings.